The monoisotopic (exact) mass is 308 g/mol. The van der Waals surface area contributed by atoms with E-state index in [1.165, 1.54) is 6.26 Å². The molecule has 0 aliphatic rings. The summed E-state index contributed by atoms with van der Waals surface area (Å²) < 4.78 is 24.3. The average molecular weight is 308 g/mol. The lowest BCUT2D eigenvalue weighted by molar-refractivity contribution is 0.520. The maximum absolute atomic E-state index is 11.7. The number of nitrogens with one attached hydrogen (secondary N) is 1. The van der Waals surface area contributed by atoms with Gasteiger partial charge in [-0.05, 0) is 26.0 Å². The molecule has 1 N–H and O–H groups in total. The number of nitrogens with zero attached hydrogens (tertiary/aromatic N) is 3. The number of hydrogen-bond acceptors (Lipinski definition) is 5. The van der Waals surface area contributed by atoms with Crippen LogP contribution in [0.1, 0.15) is 19.4 Å². The Labute approximate surface area is 125 Å². The summed E-state index contributed by atoms with van der Waals surface area (Å²) >= 11 is 0. The number of hydrogen-bond donors (Lipinski definition) is 1. The first-order valence-corrected chi connectivity index (χ1v) is 8.55. The van der Waals surface area contributed by atoms with E-state index in [-0.39, 0.29) is 0 Å². The molecule has 2 rings (SSSR count). The maximum Gasteiger partial charge on any atom is 0.157 e. The second-order valence-corrected chi connectivity index (χ2v) is 8.22. The molecule has 0 aromatic carbocycles. The standard InChI is InChI=1S/C14H20N4O2S/c1-14(2,21(3,19)20)11-15-10-12-6-4-7-16-13(12)18-9-5-8-17-18/h4-9,15H,10-11H2,1-3H3. The number of rotatable bonds is 6. The molecule has 0 aliphatic heterocycles. The van der Waals surface area contributed by atoms with Gasteiger partial charge in [-0.25, -0.2) is 18.1 Å². The van der Waals surface area contributed by atoms with Crippen LogP contribution in [-0.4, -0.2) is 40.7 Å². The van der Waals surface area contributed by atoms with Gasteiger partial charge in [0.2, 0.25) is 0 Å². The quantitative estimate of drug-likeness (QED) is 0.867. The van der Waals surface area contributed by atoms with Crippen molar-refractivity contribution in [1.82, 2.24) is 20.1 Å². The summed E-state index contributed by atoms with van der Waals surface area (Å²) in [6.07, 6.45) is 6.49. The van der Waals surface area contributed by atoms with Crippen molar-refractivity contribution in [2.45, 2.75) is 25.1 Å². The first-order valence-electron chi connectivity index (χ1n) is 6.65. The molecular formula is C14H20N4O2S. The minimum Gasteiger partial charge on any atom is -0.311 e. The summed E-state index contributed by atoms with van der Waals surface area (Å²) in [5.41, 5.74) is 0.963. The van der Waals surface area contributed by atoms with Gasteiger partial charge in [-0.1, -0.05) is 6.07 Å². The molecule has 0 amide bonds. The largest absolute Gasteiger partial charge is 0.311 e. The Balaban J connectivity index is 2.09. The van der Waals surface area contributed by atoms with E-state index in [2.05, 4.69) is 15.4 Å². The molecule has 0 spiro atoms. The minimum atomic E-state index is -3.11. The predicted octanol–water partition coefficient (Wildman–Crippen LogP) is 1.18. The van der Waals surface area contributed by atoms with Gasteiger partial charge in [0.1, 0.15) is 0 Å². The van der Waals surface area contributed by atoms with E-state index in [0.717, 1.165) is 11.4 Å². The molecule has 2 heterocycles. The van der Waals surface area contributed by atoms with E-state index < -0.39 is 14.6 Å². The second-order valence-electron chi connectivity index (χ2n) is 5.57. The van der Waals surface area contributed by atoms with Crippen LogP contribution in [0.4, 0.5) is 0 Å². The Morgan fingerprint density at radius 3 is 2.67 bits per heavy atom. The van der Waals surface area contributed by atoms with Crippen LogP contribution in [-0.2, 0) is 16.4 Å². The van der Waals surface area contributed by atoms with Gasteiger partial charge in [0.15, 0.2) is 15.7 Å². The Hall–Kier alpha value is -1.73. The predicted molar refractivity (Wildman–Crippen MR) is 82.0 cm³/mol. The van der Waals surface area contributed by atoms with Crippen molar-refractivity contribution in [2.24, 2.45) is 0 Å². The van der Waals surface area contributed by atoms with Crippen molar-refractivity contribution in [3.63, 3.8) is 0 Å². The van der Waals surface area contributed by atoms with Crippen molar-refractivity contribution >= 4 is 9.84 Å². The van der Waals surface area contributed by atoms with Crippen molar-refractivity contribution in [3.8, 4) is 5.82 Å². The first-order chi connectivity index (χ1) is 9.81. The van der Waals surface area contributed by atoms with Crippen LogP contribution in [0, 0.1) is 0 Å². The molecule has 7 heteroatoms. The molecule has 0 bridgehead atoms. The normalized spacial score (nSPS) is 12.5. The summed E-state index contributed by atoms with van der Waals surface area (Å²) in [6, 6.07) is 5.63. The van der Waals surface area contributed by atoms with Crippen LogP contribution in [0.2, 0.25) is 0 Å². The smallest absolute Gasteiger partial charge is 0.157 e. The van der Waals surface area contributed by atoms with Gasteiger partial charge >= 0.3 is 0 Å². The van der Waals surface area contributed by atoms with Crippen LogP contribution >= 0.6 is 0 Å². The molecule has 2 aromatic rings. The van der Waals surface area contributed by atoms with Crippen LogP contribution in [0.25, 0.3) is 5.82 Å². The Bertz CT molecular complexity index is 694. The molecule has 21 heavy (non-hydrogen) atoms. The molecule has 0 atom stereocenters. The van der Waals surface area contributed by atoms with Crippen molar-refractivity contribution in [1.29, 1.82) is 0 Å². The van der Waals surface area contributed by atoms with E-state index in [0.29, 0.717) is 13.1 Å². The highest BCUT2D eigenvalue weighted by molar-refractivity contribution is 7.92. The fourth-order valence-corrected chi connectivity index (χ4v) is 2.16. The lowest BCUT2D eigenvalue weighted by Crippen LogP contribution is -2.41. The summed E-state index contributed by atoms with van der Waals surface area (Å²) in [5, 5.41) is 7.36. The Morgan fingerprint density at radius 2 is 2.05 bits per heavy atom. The number of aromatic nitrogens is 3. The summed E-state index contributed by atoms with van der Waals surface area (Å²) in [6.45, 7) is 4.33. The van der Waals surface area contributed by atoms with Gasteiger partial charge in [0, 0.05) is 43.5 Å². The maximum atomic E-state index is 11.7. The van der Waals surface area contributed by atoms with Crippen molar-refractivity contribution in [3.05, 3.63) is 42.4 Å². The van der Waals surface area contributed by atoms with Gasteiger partial charge in [-0.3, -0.25) is 0 Å². The third-order valence-corrected chi connectivity index (χ3v) is 5.61. The van der Waals surface area contributed by atoms with Gasteiger partial charge in [-0.2, -0.15) is 5.10 Å². The first kappa shape index (κ1) is 15.7. The average Bonchev–Trinajstić information content (AvgIpc) is 2.91. The van der Waals surface area contributed by atoms with Crippen molar-refractivity contribution < 1.29 is 8.42 Å². The molecule has 0 unspecified atom stereocenters. The highest BCUT2D eigenvalue weighted by atomic mass is 32.2. The third-order valence-electron chi connectivity index (χ3n) is 3.46. The van der Waals surface area contributed by atoms with Crippen molar-refractivity contribution in [2.75, 3.05) is 12.8 Å². The van der Waals surface area contributed by atoms with Crippen LogP contribution < -0.4 is 5.32 Å². The van der Waals surface area contributed by atoms with Crippen LogP contribution in [0.15, 0.2) is 36.8 Å². The van der Waals surface area contributed by atoms with Gasteiger partial charge in [0.25, 0.3) is 0 Å². The zero-order valence-corrected chi connectivity index (χ0v) is 13.3. The fourth-order valence-electron chi connectivity index (χ4n) is 1.80. The van der Waals surface area contributed by atoms with E-state index in [4.69, 9.17) is 0 Å². The molecular weight excluding hydrogens is 288 g/mol. The highest BCUT2D eigenvalue weighted by Crippen LogP contribution is 2.15. The topological polar surface area (TPSA) is 76.9 Å². The zero-order valence-electron chi connectivity index (χ0n) is 12.4. The van der Waals surface area contributed by atoms with Gasteiger partial charge in [0.05, 0.1) is 4.75 Å². The molecule has 0 fully saturated rings. The fraction of sp³-hybridized carbons (Fsp3) is 0.429. The molecule has 0 aliphatic carbocycles. The third kappa shape index (κ3) is 3.68. The summed E-state index contributed by atoms with van der Waals surface area (Å²) in [4.78, 5) is 4.33. The molecule has 114 valence electrons. The SMILES string of the molecule is CC(C)(CNCc1cccnc1-n1cccn1)S(C)(=O)=O. The van der Waals surface area contributed by atoms with Gasteiger partial charge < -0.3 is 5.32 Å². The number of pyridine rings is 1. The van der Waals surface area contributed by atoms with E-state index in [1.807, 2.05) is 24.4 Å². The van der Waals surface area contributed by atoms with Crippen LogP contribution in [0.3, 0.4) is 0 Å². The lowest BCUT2D eigenvalue weighted by atomic mass is 10.2. The molecule has 2 aromatic heterocycles. The highest BCUT2D eigenvalue weighted by Gasteiger charge is 2.29. The van der Waals surface area contributed by atoms with Gasteiger partial charge in [-0.15, -0.1) is 0 Å². The molecule has 0 radical (unpaired) electrons. The van der Waals surface area contributed by atoms with Crippen LogP contribution in [0.5, 0.6) is 0 Å². The van der Waals surface area contributed by atoms with E-state index in [1.54, 1.807) is 30.9 Å². The molecule has 6 nitrogen and oxygen atoms in total. The zero-order chi connectivity index (χ0) is 15.5. The minimum absolute atomic E-state index is 0.374. The lowest BCUT2D eigenvalue weighted by Gasteiger charge is -2.23. The Morgan fingerprint density at radius 1 is 1.29 bits per heavy atom. The van der Waals surface area contributed by atoms with E-state index >= 15 is 0 Å². The summed E-state index contributed by atoms with van der Waals surface area (Å²) in [5.74, 6) is 0.743. The Kier molecular flexibility index (Phi) is 4.43. The summed E-state index contributed by atoms with van der Waals surface area (Å²) in [7, 11) is -3.11. The second kappa shape index (κ2) is 5.95. The number of sulfone groups is 1. The molecule has 0 saturated heterocycles. The molecule has 0 saturated carbocycles. The van der Waals surface area contributed by atoms with E-state index in [9.17, 15) is 8.42 Å².